The Kier molecular flexibility index (Phi) is 5.37. The highest BCUT2D eigenvalue weighted by Crippen LogP contribution is 2.29. The number of rotatable bonds is 7. The van der Waals surface area contributed by atoms with E-state index in [2.05, 4.69) is 45.4 Å². The third-order valence-corrected chi connectivity index (χ3v) is 4.16. The third-order valence-electron chi connectivity index (χ3n) is 3.49. The molecule has 0 atom stereocenters. The van der Waals surface area contributed by atoms with Crippen molar-refractivity contribution in [3.8, 4) is 5.75 Å². The maximum absolute atomic E-state index is 5.84. The van der Waals surface area contributed by atoms with E-state index < -0.39 is 0 Å². The molecule has 0 bridgehead atoms. The average molecular weight is 256 g/mol. The molecule has 0 fully saturated rings. The monoisotopic (exact) mass is 256 g/mol. The Morgan fingerprint density at radius 2 is 2.06 bits per heavy atom. The van der Waals surface area contributed by atoms with Gasteiger partial charge in [-0.05, 0) is 32.4 Å². The fourth-order valence-electron chi connectivity index (χ4n) is 1.64. The van der Waals surface area contributed by atoms with Crippen LogP contribution in [0, 0.1) is 5.41 Å². The zero-order valence-electron chi connectivity index (χ0n) is 11.3. The number of thiol groups is 1. The van der Waals surface area contributed by atoms with Gasteiger partial charge in [0, 0.05) is 11.5 Å². The maximum atomic E-state index is 5.84. The lowest BCUT2D eigenvalue weighted by Gasteiger charge is -2.29. The van der Waals surface area contributed by atoms with Crippen LogP contribution in [0.1, 0.15) is 46.6 Å². The summed E-state index contributed by atoms with van der Waals surface area (Å²) >= 11 is 4.44. The van der Waals surface area contributed by atoms with Crippen LogP contribution in [-0.4, -0.2) is 22.1 Å². The average Bonchev–Trinajstić information content (AvgIpc) is 2.81. The summed E-state index contributed by atoms with van der Waals surface area (Å²) < 4.78 is 7.76. The van der Waals surface area contributed by atoms with E-state index in [-0.39, 0.29) is 5.41 Å². The molecule has 1 aromatic heterocycles. The van der Waals surface area contributed by atoms with E-state index in [1.165, 1.54) is 0 Å². The first kappa shape index (κ1) is 14.4. The van der Waals surface area contributed by atoms with Crippen molar-refractivity contribution in [2.24, 2.45) is 5.41 Å². The summed E-state index contributed by atoms with van der Waals surface area (Å²) in [5, 5.41) is 4.27. The summed E-state index contributed by atoms with van der Waals surface area (Å²) in [7, 11) is 0. The maximum Gasteiger partial charge on any atom is 0.157 e. The predicted octanol–water partition coefficient (Wildman–Crippen LogP) is 3.58. The second kappa shape index (κ2) is 6.34. The lowest BCUT2D eigenvalue weighted by molar-refractivity contribution is 0.157. The third kappa shape index (κ3) is 3.66. The molecular formula is C13H24N2OS. The molecule has 1 rings (SSSR count). The minimum Gasteiger partial charge on any atom is -0.490 e. The molecule has 0 spiro atoms. The first-order valence-electron chi connectivity index (χ1n) is 6.34. The Hall–Kier alpha value is -0.640. The van der Waals surface area contributed by atoms with Gasteiger partial charge in [0.05, 0.1) is 19.0 Å². The van der Waals surface area contributed by atoms with Crippen LogP contribution < -0.4 is 4.74 Å². The molecule has 0 unspecified atom stereocenters. The Morgan fingerprint density at radius 1 is 1.41 bits per heavy atom. The molecule has 0 amide bonds. The normalized spacial score (nSPS) is 12.1. The standard InChI is InChI=1S/C13H24N2OS/c1-5-13(6-2,10-17)9-16-12-7-14-15(8-12)11(3)4/h7-8,11,17H,5-6,9-10H2,1-4H3. The van der Waals surface area contributed by atoms with Crippen LogP contribution in [0.3, 0.4) is 0 Å². The molecule has 0 aliphatic rings. The van der Waals surface area contributed by atoms with Gasteiger partial charge in [-0.25, -0.2) is 0 Å². The summed E-state index contributed by atoms with van der Waals surface area (Å²) in [6.45, 7) is 9.31. The van der Waals surface area contributed by atoms with Crippen LogP contribution in [0.15, 0.2) is 12.4 Å². The van der Waals surface area contributed by atoms with Gasteiger partial charge in [0.15, 0.2) is 5.75 Å². The van der Waals surface area contributed by atoms with Crippen molar-refractivity contribution in [2.75, 3.05) is 12.4 Å². The highest BCUT2D eigenvalue weighted by atomic mass is 32.1. The van der Waals surface area contributed by atoms with Crippen LogP contribution in [0.25, 0.3) is 0 Å². The van der Waals surface area contributed by atoms with Gasteiger partial charge in [0.2, 0.25) is 0 Å². The fraction of sp³-hybridized carbons (Fsp3) is 0.769. The van der Waals surface area contributed by atoms with Crippen molar-refractivity contribution in [3.63, 3.8) is 0 Å². The van der Waals surface area contributed by atoms with Gasteiger partial charge in [-0.15, -0.1) is 0 Å². The molecule has 17 heavy (non-hydrogen) atoms. The van der Waals surface area contributed by atoms with Gasteiger partial charge >= 0.3 is 0 Å². The van der Waals surface area contributed by atoms with Gasteiger partial charge in [0.1, 0.15) is 0 Å². The summed E-state index contributed by atoms with van der Waals surface area (Å²) in [4.78, 5) is 0. The highest BCUT2D eigenvalue weighted by Gasteiger charge is 2.25. The first-order valence-corrected chi connectivity index (χ1v) is 6.98. The van der Waals surface area contributed by atoms with Gasteiger partial charge in [-0.2, -0.15) is 17.7 Å². The molecular weight excluding hydrogens is 232 g/mol. The van der Waals surface area contributed by atoms with Gasteiger partial charge in [0.25, 0.3) is 0 Å². The van der Waals surface area contributed by atoms with E-state index in [0.29, 0.717) is 12.6 Å². The minimum atomic E-state index is 0.184. The molecule has 0 aliphatic carbocycles. The summed E-state index contributed by atoms with van der Waals surface area (Å²) in [5.74, 6) is 1.71. The van der Waals surface area contributed by atoms with Gasteiger partial charge < -0.3 is 4.74 Å². The molecule has 0 aliphatic heterocycles. The predicted molar refractivity (Wildman–Crippen MR) is 75.0 cm³/mol. The van der Waals surface area contributed by atoms with Crippen molar-refractivity contribution in [2.45, 2.75) is 46.6 Å². The van der Waals surface area contributed by atoms with E-state index in [1.54, 1.807) is 6.20 Å². The lowest BCUT2D eigenvalue weighted by Crippen LogP contribution is -2.29. The van der Waals surface area contributed by atoms with E-state index in [0.717, 1.165) is 24.3 Å². The van der Waals surface area contributed by atoms with Crippen LogP contribution >= 0.6 is 12.6 Å². The number of hydrogen-bond donors (Lipinski definition) is 1. The summed E-state index contributed by atoms with van der Waals surface area (Å²) in [6.07, 6.45) is 5.92. The Morgan fingerprint density at radius 3 is 2.47 bits per heavy atom. The van der Waals surface area contributed by atoms with Crippen LogP contribution in [-0.2, 0) is 0 Å². The SMILES string of the molecule is CCC(CC)(CS)COc1cnn(C(C)C)c1. The van der Waals surface area contributed by atoms with E-state index in [9.17, 15) is 0 Å². The topological polar surface area (TPSA) is 27.1 Å². The summed E-state index contributed by atoms with van der Waals surface area (Å²) in [5.41, 5.74) is 0.184. The Bertz CT molecular complexity index is 324. The molecule has 0 aromatic carbocycles. The van der Waals surface area contributed by atoms with Crippen molar-refractivity contribution in [3.05, 3.63) is 12.4 Å². The van der Waals surface area contributed by atoms with Crippen LogP contribution in [0.2, 0.25) is 0 Å². The zero-order chi connectivity index (χ0) is 12.9. The molecule has 1 heterocycles. The highest BCUT2D eigenvalue weighted by molar-refractivity contribution is 7.80. The molecule has 3 nitrogen and oxygen atoms in total. The molecule has 0 N–H and O–H groups in total. The largest absolute Gasteiger partial charge is 0.490 e. The fourth-order valence-corrected chi connectivity index (χ4v) is 2.18. The number of nitrogens with zero attached hydrogens (tertiary/aromatic N) is 2. The van der Waals surface area contributed by atoms with Crippen molar-refractivity contribution >= 4 is 12.6 Å². The van der Waals surface area contributed by atoms with Crippen LogP contribution in [0.4, 0.5) is 0 Å². The van der Waals surface area contributed by atoms with Crippen molar-refractivity contribution in [1.29, 1.82) is 0 Å². The first-order chi connectivity index (χ1) is 8.06. The number of aromatic nitrogens is 2. The quantitative estimate of drug-likeness (QED) is 0.755. The summed E-state index contributed by atoms with van der Waals surface area (Å²) in [6, 6.07) is 0.374. The van der Waals surface area contributed by atoms with Gasteiger partial charge in [-0.3, -0.25) is 4.68 Å². The van der Waals surface area contributed by atoms with Crippen molar-refractivity contribution in [1.82, 2.24) is 9.78 Å². The van der Waals surface area contributed by atoms with E-state index >= 15 is 0 Å². The van der Waals surface area contributed by atoms with E-state index in [4.69, 9.17) is 4.74 Å². The van der Waals surface area contributed by atoms with Gasteiger partial charge in [-0.1, -0.05) is 13.8 Å². The minimum absolute atomic E-state index is 0.184. The van der Waals surface area contributed by atoms with E-state index in [1.807, 2.05) is 10.9 Å². The Balaban J connectivity index is 2.59. The molecule has 98 valence electrons. The smallest absolute Gasteiger partial charge is 0.157 e. The van der Waals surface area contributed by atoms with Crippen molar-refractivity contribution < 1.29 is 4.74 Å². The number of ether oxygens (including phenoxy) is 1. The molecule has 1 aromatic rings. The zero-order valence-corrected chi connectivity index (χ0v) is 12.2. The number of hydrogen-bond acceptors (Lipinski definition) is 3. The second-order valence-corrected chi connectivity index (χ2v) is 5.22. The molecule has 0 radical (unpaired) electrons. The lowest BCUT2D eigenvalue weighted by atomic mass is 9.85. The second-order valence-electron chi connectivity index (χ2n) is 4.90. The Labute approximate surface area is 110 Å². The molecule has 4 heteroatoms. The molecule has 0 saturated carbocycles. The van der Waals surface area contributed by atoms with Crippen LogP contribution in [0.5, 0.6) is 5.75 Å². The molecule has 0 saturated heterocycles.